The zero-order valence-corrected chi connectivity index (χ0v) is 13.9. The number of benzene rings is 1. The predicted molar refractivity (Wildman–Crippen MR) is 72.9 cm³/mol. The van der Waals surface area contributed by atoms with E-state index >= 15 is 0 Å². The summed E-state index contributed by atoms with van der Waals surface area (Å²) < 4.78 is 0. The summed E-state index contributed by atoms with van der Waals surface area (Å²) in [4.78, 5) is 33.3. The second-order valence-electron chi connectivity index (χ2n) is 4.12. The van der Waals surface area contributed by atoms with E-state index in [-0.39, 0.29) is 43.8 Å². The molecule has 0 spiro atoms. The standard InChI is InChI=1S/C13H16N2O5.Na.H/c1-14-9-4-2-8(3-5-9)12(18)15-10(13(19)20)6-7-11(16)17;;/h2-5,10,14H,6-7H2,1H3,(H,15,18)(H,16,17)(H,19,20);;/q;+1;-1/t10-;;/m0../s1. The van der Waals surface area contributed by atoms with Crippen molar-refractivity contribution in [3.8, 4) is 0 Å². The van der Waals surface area contributed by atoms with Crippen LogP contribution in [0.5, 0.6) is 0 Å². The fourth-order valence-electron chi connectivity index (χ4n) is 1.56. The van der Waals surface area contributed by atoms with Crippen LogP contribution in [-0.4, -0.2) is 41.1 Å². The van der Waals surface area contributed by atoms with Crippen molar-refractivity contribution in [1.29, 1.82) is 0 Å². The number of carbonyl (C=O) groups excluding carboxylic acids is 1. The number of carbonyl (C=O) groups is 3. The van der Waals surface area contributed by atoms with Crippen molar-refractivity contribution in [3.63, 3.8) is 0 Å². The molecule has 1 atom stereocenters. The molecule has 0 aromatic heterocycles. The maximum atomic E-state index is 11.9. The quantitative estimate of drug-likeness (QED) is 0.429. The molecule has 110 valence electrons. The Labute approximate surface area is 145 Å². The number of anilines is 1. The molecule has 0 unspecified atom stereocenters. The van der Waals surface area contributed by atoms with Gasteiger partial charge in [0.1, 0.15) is 6.04 Å². The van der Waals surface area contributed by atoms with E-state index in [1.807, 2.05) is 0 Å². The zero-order chi connectivity index (χ0) is 15.1. The Morgan fingerprint density at radius 1 is 1.19 bits per heavy atom. The maximum absolute atomic E-state index is 11.9. The van der Waals surface area contributed by atoms with E-state index in [9.17, 15) is 14.4 Å². The van der Waals surface area contributed by atoms with Crippen molar-refractivity contribution >= 4 is 23.5 Å². The van der Waals surface area contributed by atoms with Crippen molar-refractivity contribution in [2.24, 2.45) is 0 Å². The zero-order valence-electron chi connectivity index (χ0n) is 12.9. The van der Waals surface area contributed by atoms with Gasteiger partial charge in [-0.2, -0.15) is 0 Å². The summed E-state index contributed by atoms with van der Waals surface area (Å²) in [6.07, 6.45) is -0.485. The largest absolute Gasteiger partial charge is 1.00 e. The fourth-order valence-corrected chi connectivity index (χ4v) is 1.56. The Morgan fingerprint density at radius 2 is 1.76 bits per heavy atom. The van der Waals surface area contributed by atoms with Crippen LogP contribution in [0.2, 0.25) is 0 Å². The Kier molecular flexibility index (Phi) is 8.68. The molecule has 0 radical (unpaired) electrons. The molecule has 0 heterocycles. The molecule has 0 bridgehead atoms. The van der Waals surface area contributed by atoms with E-state index in [1.54, 1.807) is 31.3 Å². The van der Waals surface area contributed by atoms with Gasteiger partial charge in [0, 0.05) is 24.7 Å². The summed E-state index contributed by atoms with van der Waals surface area (Å²) in [5.74, 6) is -2.92. The Hall–Kier alpha value is -1.57. The molecule has 0 fully saturated rings. The smallest absolute Gasteiger partial charge is 1.00 e. The number of aliphatic carboxylic acids is 2. The van der Waals surface area contributed by atoms with Crippen LogP contribution in [0, 0.1) is 0 Å². The molecule has 0 aliphatic heterocycles. The molecule has 0 aliphatic carbocycles. The van der Waals surface area contributed by atoms with E-state index < -0.39 is 23.9 Å². The van der Waals surface area contributed by atoms with Crippen LogP contribution in [-0.2, 0) is 9.59 Å². The minimum Gasteiger partial charge on any atom is -1.00 e. The fraction of sp³-hybridized carbons (Fsp3) is 0.308. The molecule has 4 N–H and O–H groups in total. The molecule has 7 nitrogen and oxygen atoms in total. The van der Waals surface area contributed by atoms with Crippen LogP contribution in [0.1, 0.15) is 24.6 Å². The van der Waals surface area contributed by atoms with E-state index in [2.05, 4.69) is 10.6 Å². The Bertz CT molecular complexity index is 510. The SMILES string of the molecule is CNc1ccc(C(=O)N[C@@H](CCC(=O)O)C(=O)O)cc1.[H-].[Na+]. The van der Waals surface area contributed by atoms with Gasteiger partial charge in [0.2, 0.25) is 0 Å². The third-order valence-electron chi connectivity index (χ3n) is 2.69. The minimum atomic E-state index is -1.26. The molecular weight excluding hydrogens is 287 g/mol. The maximum Gasteiger partial charge on any atom is 1.00 e. The summed E-state index contributed by atoms with van der Waals surface area (Å²) in [7, 11) is 1.74. The van der Waals surface area contributed by atoms with Gasteiger partial charge in [0.25, 0.3) is 5.91 Å². The Morgan fingerprint density at radius 3 is 2.19 bits per heavy atom. The van der Waals surface area contributed by atoms with Crippen molar-refractivity contribution in [3.05, 3.63) is 29.8 Å². The molecule has 1 aromatic carbocycles. The number of nitrogens with one attached hydrogen (secondary N) is 2. The van der Waals surface area contributed by atoms with Crippen LogP contribution in [0.3, 0.4) is 0 Å². The Balaban J connectivity index is 0. The molecule has 1 amide bonds. The number of amides is 1. The first-order chi connectivity index (χ1) is 9.43. The predicted octanol–water partition coefficient (Wildman–Crippen LogP) is -2.11. The van der Waals surface area contributed by atoms with E-state index in [4.69, 9.17) is 10.2 Å². The van der Waals surface area contributed by atoms with Gasteiger partial charge in [-0.1, -0.05) is 0 Å². The van der Waals surface area contributed by atoms with Gasteiger partial charge in [-0.3, -0.25) is 9.59 Å². The number of hydrogen-bond donors (Lipinski definition) is 4. The van der Waals surface area contributed by atoms with Gasteiger partial charge in [-0.05, 0) is 30.7 Å². The van der Waals surface area contributed by atoms with Crippen LogP contribution in [0.4, 0.5) is 5.69 Å². The average molecular weight is 304 g/mol. The van der Waals surface area contributed by atoms with E-state index in [0.717, 1.165) is 5.69 Å². The number of carboxylic acid groups (broad SMARTS) is 2. The number of rotatable bonds is 7. The molecule has 0 aliphatic rings. The summed E-state index contributed by atoms with van der Waals surface area (Å²) in [5.41, 5.74) is 1.13. The van der Waals surface area contributed by atoms with Crippen molar-refractivity contribution in [2.75, 3.05) is 12.4 Å². The summed E-state index contributed by atoms with van der Waals surface area (Å²) in [6, 6.07) is 5.25. The van der Waals surface area contributed by atoms with Crippen LogP contribution >= 0.6 is 0 Å². The first kappa shape index (κ1) is 19.4. The van der Waals surface area contributed by atoms with Crippen molar-refractivity contribution in [2.45, 2.75) is 18.9 Å². The first-order valence-electron chi connectivity index (χ1n) is 5.97. The molecule has 21 heavy (non-hydrogen) atoms. The average Bonchev–Trinajstić information content (AvgIpc) is 2.42. The van der Waals surface area contributed by atoms with E-state index in [1.165, 1.54) is 0 Å². The number of hydrogen-bond acceptors (Lipinski definition) is 4. The number of carboxylic acids is 2. The van der Waals surface area contributed by atoms with Gasteiger partial charge in [0.05, 0.1) is 0 Å². The third-order valence-corrected chi connectivity index (χ3v) is 2.69. The van der Waals surface area contributed by atoms with Gasteiger partial charge in [-0.25, -0.2) is 4.79 Å². The summed E-state index contributed by atoms with van der Waals surface area (Å²) >= 11 is 0. The summed E-state index contributed by atoms with van der Waals surface area (Å²) in [6.45, 7) is 0. The van der Waals surface area contributed by atoms with Crippen LogP contribution in [0.15, 0.2) is 24.3 Å². The van der Waals surface area contributed by atoms with E-state index in [0.29, 0.717) is 5.56 Å². The van der Waals surface area contributed by atoms with Gasteiger partial charge >= 0.3 is 41.5 Å². The van der Waals surface area contributed by atoms with Gasteiger partial charge in [-0.15, -0.1) is 0 Å². The third kappa shape index (κ3) is 6.61. The summed E-state index contributed by atoms with van der Waals surface area (Å²) in [5, 5.41) is 22.7. The normalized spacial score (nSPS) is 10.9. The molecule has 0 saturated carbocycles. The molecular formula is C13H17N2NaO5. The topological polar surface area (TPSA) is 116 Å². The van der Waals surface area contributed by atoms with Crippen molar-refractivity contribution < 1.29 is 55.6 Å². The molecule has 1 rings (SSSR count). The molecule has 0 saturated heterocycles. The second-order valence-corrected chi connectivity index (χ2v) is 4.12. The molecule has 8 heteroatoms. The first-order valence-corrected chi connectivity index (χ1v) is 5.97. The van der Waals surface area contributed by atoms with Gasteiger partial charge < -0.3 is 22.3 Å². The minimum absolute atomic E-state index is 0. The second kappa shape index (κ2) is 9.38. The van der Waals surface area contributed by atoms with Crippen molar-refractivity contribution in [1.82, 2.24) is 5.32 Å². The van der Waals surface area contributed by atoms with Crippen LogP contribution < -0.4 is 40.2 Å². The van der Waals surface area contributed by atoms with Gasteiger partial charge in [0.15, 0.2) is 0 Å². The monoisotopic (exact) mass is 304 g/mol. The molecule has 1 aromatic rings. The van der Waals surface area contributed by atoms with Crippen LogP contribution in [0.25, 0.3) is 0 Å².